The first-order valence-electron chi connectivity index (χ1n) is 9.63. The van der Waals surface area contributed by atoms with E-state index in [2.05, 4.69) is 12.2 Å². The van der Waals surface area contributed by atoms with E-state index in [1.807, 2.05) is 42.5 Å². The van der Waals surface area contributed by atoms with Crippen LogP contribution in [0, 0.1) is 0 Å². The van der Waals surface area contributed by atoms with Crippen molar-refractivity contribution in [3.8, 4) is 5.75 Å². The van der Waals surface area contributed by atoms with Crippen LogP contribution in [0.1, 0.15) is 23.6 Å². The summed E-state index contributed by atoms with van der Waals surface area (Å²) in [4.78, 5) is 24.0. The Morgan fingerprint density at radius 1 is 1.07 bits per heavy atom. The number of methoxy groups -OCH3 is 1. The number of carbonyl (C=O) groups is 2. The zero-order valence-corrected chi connectivity index (χ0v) is 16.7. The molecule has 0 bridgehead atoms. The number of nitrogens with one attached hydrogen (secondary N) is 1. The van der Waals surface area contributed by atoms with Gasteiger partial charge in [-0.25, -0.2) is 0 Å². The Bertz CT molecular complexity index is 975. The molecular formula is C23H25NO5. The summed E-state index contributed by atoms with van der Waals surface area (Å²) in [6.07, 6.45) is 3.24. The van der Waals surface area contributed by atoms with Crippen LogP contribution in [0.5, 0.6) is 5.75 Å². The third-order valence-corrected chi connectivity index (χ3v) is 4.72. The van der Waals surface area contributed by atoms with E-state index in [9.17, 15) is 9.59 Å². The highest BCUT2D eigenvalue weighted by molar-refractivity contribution is 5.87. The maximum absolute atomic E-state index is 12.1. The van der Waals surface area contributed by atoms with E-state index in [1.165, 1.54) is 5.56 Å². The zero-order chi connectivity index (χ0) is 20.6. The number of fused-ring (bicyclic) bond motifs is 1. The molecule has 3 aromatic rings. The molecule has 6 nitrogen and oxygen atoms in total. The van der Waals surface area contributed by atoms with Crippen molar-refractivity contribution in [1.29, 1.82) is 0 Å². The number of aryl methyl sites for hydroxylation is 1. The van der Waals surface area contributed by atoms with Crippen LogP contribution < -0.4 is 10.1 Å². The van der Waals surface area contributed by atoms with Gasteiger partial charge in [0.25, 0.3) is 5.91 Å². The lowest BCUT2D eigenvalue weighted by atomic mass is 10.1. The summed E-state index contributed by atoms with van der Waals surface area (Å²) in [5.41, 5.74) is 3.77. The average molecular weight is 395 g/mol. The Morgan fingerprint density at radius 3 is 2.55 bits per heavy atom. The molecule has 0 fully saturated rings. The summed E-state index contributed by atoms with van der Waals surface area (Å²) < 4.78 is 15.7. The fraction of sp³-hybridized carbons (Fsp3) is 0.304. The van der Waals surface area contributed by atoms with Crippen molar-refractivity contribution in [2.75, 3.05) is 20.3 Å². The first-order chi connectivity index (χ1) is 14.1. The van der Waals surface area contributed by atoms with Crippen LogP contribution in [0.25, 0.3) is 11.0 Å². The number of esters is 1. The summed E-state index contributed by atoms with van der Waals surface area (Å²) in [7, 11) is 1.62. The van der Waals surface area contributed by atoms with Gasteiger partial charge in [0.2, 0.25) is 0 Å². The smallest absolute Gasteiger partial charge is 0.310 e. The van der Waals surface area contributed by atoms with E-state index < -0.39 is 5.97 Å². The van der Waals surface area contributed by atoms with Crippen LogP contribution in [0.15, 0.2) is 53.1 Å². The van der Waals surface area contributed by atoms with E-state index in [4.69, 9.17) is 13.9 Å². The van der Waals surface area contributed by atoms with Gasteiger partial charge in [-0.1, -0.05) is 31.2 Å². The van der Waals surface area contributed by atoms with Crippen LogP contribution in [-0.4, -0.2) is 32.1 Å². The molecule has 0 radical (unpaired) electrons. The molecule has 0 saturated heterocycles. The van der Waals surface area contributed by atoms with Gasteiger partial charge in [-0.2, -0.15) is 0 Å². The number of hydrogen-bond donors (Lipinski definition) is 1. The van der Waals surface area contributed by atoms with Crippen molar-refractivity contribution in [3.63, 3.8) is 0 Å². The Balaban J connectivity index is 1.41. The van der Waals surface area contributed by atoms with Crippen molar-refractivity contribution in [1.82, 2.24) is 5.32 Å². The van der Waals surface area contributed by atoms with Gasteiger partial charge in [-0.05, 0) is 42.2 Å². The van der Waals surface area contributed by atoms with Gasteiger partial charge < -0.3 is 19.2 Å². The molecular weight excluding hydrogens is 370 g/mol. The van der Waals surface area contributed by atoms with Gasteiger partial charge in [-0.3, -0.25) is 9.59 Å². The molecule has 6 heteroatoms. The number of rotatable bonds is 9. The molecule has 0 aliphatic carbocycles. The van der Waals surface area contributed by atoms with Crippen molar-refractivity contribution in [2.24, 2.45) is 0 Å². The number of ether oxygens (including phenoxy) is 2. The normalized spacial score (nSPS) is 10.7. The molecule has 0 aliphatic rings. The second-order valence-electron chi connectivity index (χ2n) is 6.73. The number of carbonyl (C=O) groups excluding carboxylic acids is 2. The predicted molar refractivity (Wildman–Crippen MR) is 110 cm³/mol. The molecule has 3 rings (SSSR count). The van der Waals surface area contributed by atoms with Crippen LogP contribution in [-0.2, 0) is 33.6 Å². The zero-order valence-electron chi connectivity index (χ0n) is 16.7. The second kappa shape index (κ2) is 9.78. The third-order valence-electron chi connectivity index (χ3n) is 4.72. The Morgan fingerprint density at radius 2 is 1.83 bits per heavy atom. The van der Waals surface area contributed by atoms with Crippen LogP contribution >= 0.6 is 0 Å². The highest BCUT2D eigenvalue weighted by Crippen LogP contribution is 2.23. The highest BCUT2D eigenvalue weighted by atomic mass is 16.5. The quantitative estimate of drug-likeness (QED) is 0.562. The van der Waals surface area contributed by atoms with Gasteiger partial charge in [-0.15, -0.1) is 0 Å². The van der Waals surface area contributed by atoms with Gasteiger partial charge >= 0.3 is 5.97 Å². The number of benzene rings is 2. The summed E-state index contributed by atoms with van der Waals surface area (Å²) in [5.74, 6) is 0.00924. The van der Waals surface area contributed by atoms with Crippen LogP contribution in [0.2, 0.25) is 0 Å². The van der Waals surface area contributed by atoms with E-state index in [1.54, 1.807) is 13.4 Å². The molecule has 1 heterocycles. The standard InChI is InChI=1S/C23H25NO5/c1-3-16-6-9-20-18(14-28-21(20)12-16)13-23(26)29-15-22(25)24-11-10-17-4-7-19(27-2)8-5-17/h4-9,12,14H,3,10-11,13,15H2,1-2H3,(H,24,25). The Hall–Kier alpha value is -3.28. The van der Waals surface area contributed by atoms with Crippen molar-refractivity contribution < 1.29 is 23.5 Å². The molecule has 29 heavy (non-hydrogen) atoms. The number of hydrogen-bond acceptors (Lipinski definition) is 5. The van der Waals surface area contributed by atoms with Crippen LogP contribution in [0.4, 0.5) is 0 Å². The first-order valence-corrected chi connectivity index (χ1v) is 9.63. The molecule has 0 atom stereocenters. The molecule has 1 N–H and O–H groups in total. The molecule has 0 aliphatic heterocycles. The topological polar surface area (TPSA) is 77.8 Å². The maximum Gasteiger partial charge on any atom is 0.310 e. The molecule has 1 amide bonds. The second-order valence-corrected chi connectivity index (χ2v) is 6.73. The van der Waals surface area contributed by atoms with Crippen molar-refractivity contribution in [3.05, 3.63) is 65.4 Å². The lowest BCUT2D eigenvalue weighted by Crippen LogP contribution is -2.30. The number of furan rings is 1. The highest BCUT2D eigenvalue weighted by Gasteiger charge is 2.13. The summed E-state index contributed by atoms with van der Waals surface area (Å²) in [6, 6.07) is 13.6. The van der Waals surface area contributed by atoms with Gasteiger partial charge in [0.1, 0.15) is 11.3 Å². The average Bonchev–Trinajstić information content (AvgIpc) is 3.14. The first kappa shape index (κ1) is 20.5. The van der Waals surface area contributed by atoms with Gasteiger partial charge in [0.15, 0.2) is 6.61 Å². The van der Waals surface area contributed by atoms with E-state index in [0.29, 0.717) is 13.0 Å². The number of amides is 1. The Labute approximate surface area is 169 Å². The minimum atomic E-state index is -0.461. The third kappa shape index (κ3) is 5.60. The summed E-state index contributed by atoms with van der Waals surface area (Å²) >= 11 is 0. The monoisotopic (exact) mass is 395 g/mol. The predicted octanol–water partition coefficient (Wildman–Crippen LogP) is 3.45. The van der Waals surface area contributed by atoms with E-state index in [-0.39, 0.29) is 18.9 Å². The SMILES string of the molecule is CCc1ccc2c(CC(=O)OCC(=O)NCCc3ccc(OC)cc3)coc2c1. The fourth-order valence-corrected chi connectivity index (χ4v) is 3.03. The van der Waals surface area contributed by atoms with Crippen molar-refractivity contribution in [2.45, 2.75) is 26.2 Å². The lowest BCUT2D eigenvalue weighted by Gasteiger charge is -2.07. The van der Waals surface area contributed by atoms with E-state index >= 15 is 0 Å². The molecule has 0 unspecified atom stereocenters. The van der Waals surface area contributed by atoms with Crippen LogP contribution in [0.3, 0.4) is 0 Å². The summed E-state index contributed by atoms with van der Waals surface area (Å²) in [6.45, 7) is 2.25. The largest absolute Gasteiger partial charge is 0.497 e. The fourth-order valence-electron chi connectivity index (χ4n) is 3.03. The lowest BCUT2D eigenvalue weighted by molar-refractivity contribution is -0.147. The molecule has 0 spiro atoms. The molecule has 0 saturated carbocycles. The maximum atomic E-state index is 12.1. The van der Waals surface area contributed by atoms with Gasteiger partial charge in [0, 0.05) is 17.5 Å². The minimum Gasteiger partial charge on any atom is -0.497 e. The Kier molecular flexibility index (Phi) is 6.89. The van der Waals surface area contributed by atoms with E-state index in [0.717, 1.165) is 34.3 Å². The van der Waals surface area contributed by atoms with Gasteiger partial charge in [0.05, 0.1) is 19.8 Å². The molecule has 2 aromatic carbocycles. The summed E-state index contributed by atoms with van der Waals surface area (Å²) in [5, 5.41) is 3.64. The molecule has 152 valence electrons. The van der Waals surface area contributed by atoms with Crippen molar-refractivity contribution >= 4 is 22.8 Å². The minimum absolute atomic E-state index is 0.0671. The molecule has 1 aromatic heterocycles.